The van der Waals surface area contributed by atoms with Gasteiger partial charge in [0.2, 0.25) is 11.8 Å². The second-order valence-corrected chi connectivity index (χ2v) is 9.04. The first-order valence-corrected chi connectivity index (χ1v) is 11.4. The summed E-state index contributed by atoms with van der Waals surface area (Å²) in [6.07, 6.45) is 0. The van der Waals surface area contributed by atoms with Crippen LogP contribution in [0.5, 0.6) is 0 Å². The summed E-state index contributed by atoms with van der Waals surface area (Å²) < 4.78 is 13.4. The molecule has 4 rings (SSSR count). The van der Waals surface area contributed by atoms with Crippen LogP contribution in [0, 0.1) is 11.7 Å². The monoisotopic (exact) mass is 461 g/mol. The second kappa shape index (κ2) is 9.63. The largest absolute Gasteiger partial charge is 0.354 e. The van der Waals surface area contributed by atoms with E-state index in [2.05, 4.69) is 5.32 Å². The van der Waals surface area contributed by atoms with Gasteiger partial charge in [-0.2, -0.15) is 0 Å². The van der Waals surface area contributed by atoms with Crippen LogP contribution in [0.3, 0.4) is 0 Å². The van der Waals surface area contributed by atoms with Gasteiger partial charge in [-0.1, -0.05) is 50.2 Å². The standard InChI is InChI=1S/C27H28FN3O3/c1-17(2)14-29-26(33)18(3)30(15-19-10-12-21(28)13-11-19)24(32)16-31-23-9-5-7-20-6-4-8-22(25(20)23)27(31)34/h4-13,17-18H,14-16H2,1-3H3,(H,29,33)/t18-/m0/s1. The van der Waals surface area contributed by atoms with Gasteiger partial charge in [0.1, 0.15) is 18.4 Å². The van der Waals surface area contributed by atoms with Crippen LogP contribution in [0.15, 0.2) is 60.7 Å². The van der Waals surface area contributed by atoms with Gasteiger partial charge in [-0.3, -0.25) is 19.3 Å². The first-order chi connectivity index (χ1) is 16.3. The van der Waals surface area contributed by atoms with E-state index < -0.39 is 6.04 Å². The molecule has 1 heterocycles. The highest BCUT2D eigenvalue weighted by molar-refractivity contribution is 6.26. The highest BCUT2D eigenvalue weighted by Crippen LogP contribution is 2.37. The molecule has 0 unspecified atom stereocenters. The molecule has 0 spiro atoms. The molecule has 0 fully saturated rings. The second-order valence-electron chi connectivity index (χ2n) is 9.04. The van der Waals surface area contributed by atoms with Crippen molar-refractivity contribution in [3.63, 3.8) is 0 Å². The number of anilines is 1. The summed E-state index contributed by atoms with van der Waals surface area (Å²) in [6, 6.07) is 16.2. The summed E-state index contributed by atoms with van der Waals surface area (Å²) in [5, 5.41) is 4.63. The van der Waals surface area contributed by atoms with Gasteiger partial charge in [-0.25, -0.2) is 4.39 Å². The van der Waals surface area contributed by atoms with Gasteiger partial charge in [0, 0.05) is 24.0 Å². The van der Waals surface area contributed by atoms with Gasteiger partial charge in [0.25, 0.3) is 5.91 Å². The van der Waals surface area contributed by atoms with Crippen molar-refractivity contribution in [3.8, 4) is 0 Å². The number of hydrogen-bond acceptors (Lipinski definition) is 3. The molecule has 3 aromatic carbocycles. The van der Waals surface area contributed by atoms with Crippen molar-refractivity contribution in [1.82, 2.24) is 10.2 Å². The molecule has 1 N–H and O–H groups in total. The Morgan fingerprint density at radius 2 is 1.68 bits per heavy atom. The van der Waals surface area contributed by atoms with Gasteiger partial charge < -0.3 is 10.2 Å². The number of carbonyl (C=O) groups is 3. The van der Waals surface area contributed by atoms with Crippen molar-refractivity contribution in [3.05, 3.63) is 77.6 Å². The average Bonchev–Trinajstić information content (AvgIpc) is 3.09. The third-order valence-corrected chi connectivity index (χ3v) is 6.06. The topological polar surface area (TPSA) is 69.7 Å². The Bertz CT molecular complexity index is 1230. The van der Waals surface area contributed by atoms with Crippen molar-refractivity contribution >= 4 is 34.2 Å². The summed E-state index contributed by atoms with van der Waals surface area (Å²) in [6.45, 7) is 6.06. The fourth-order valence-electron chi connectivity index (χ4n) is 4.18. The van der Waals surface area contributed by atoms with Gasteiger partial charge >= 0.3 is 0 Å². The lowest BCUT2D eigenvalue weighted by atomic mass is 10.1. The summed E-state index contributed by atoms with van der Waals surface area (Å²) in [5.41, 5.74) is 1.94. The average molecular weight is 462 g/mol. The zero-order valence-electron chi connectivity index (χ0n) is 19.5. The van der Waals surface area contributed by atoms with E-state index >= 15 is 0 Å². The number of hydrogen-bond donors (Lipinski definition) is 1. The van der Waals surface area contributed by atoms with E-state index in [1.807, 2.05) is 44.2 Å². The van der Waals surface area contributed by atoms with E-state index in [-0.39, 0.29) is 42.5 Å². The lowest BCUT2D eigenvalue weighted by Gasteiger charge is -2.30. The number of rotatable bonds is 8. The summed E-state index contributed by atoms with van der Waals surface area (Å²) in [4.78, 5) is 42.4. The van der Waals surface area contributed by atoms with Crippen molar-refractivity contribution in [1.29, 1.82) is 0 Å². The SMILES string of the molecule is CC(C)CNC(=O)[C@H](C)N(Cc1ccc(F)cc1)C(=O)CN1C(=O)c2cccc3cccc1c23. The molecular weight excluding hydrogens is 433 g/mol. The van der Waals surface area contributed by atoms with Crippen LogP contribution in [0.4, 0.5) is 10.1 Å². The molecule has 1 aliphatic rings. The minimum atomic E-state index is -0.771. The van der Waals surface area contributed by atoms with Crippen molar-refractivity contribution in [2.75, 3.05) is 18.0 Å². The number of amides is 3. The van der Waals surface area contributed by atoms with Gasteiger partial charge in [0.05, 0.1) is 5.69 Å². The molecule has 3 amide bonds. The normalized spacial score (nSPS) is 13.4. The number of nitrogens with one attached hydrogen (secondary N) is 1. The predicted molar refractivity (Wildman–Crippen MR) is 130 cm³/mol. The Balaban J connectivity index is 1.60. The number of nitrogens with zero attached hydrogens (tertiary/aromatic N) is 2. The van der Waals surface area contributed by atoms with Crippen molar-refractivity contribution in [2.24, 2.45) is 5.92 Å². The maximum atomic E-state index is 13.5. The molecule has 34 heavy (non-hydrogen) atoms. The molecule has 1 atom stereocenters. The molecule has 0 radical (unpaired) electrons. The Kier molecular flexibility index (Phi) is 6.63. The number of carbonyl (C=O) groups excluding carboxylic acids is 3. The molecule has 0 aliphatic carbocycles. The fraction of sp³-hybridized carbons (Fsp3) is 0.296. The van der Waals surface area contributed by atoms with E-state index in [0.29, 0.717) is 23.4 Å². The molecule has 6 nitrogen and oxygen atoms in total. The van der Waals surface area contributed by atoms with E-state index in [1.54, 1.807) is 25.1 Å². The van der Waals surface area contributed by atoms with E-state index in [9.17, 15) is 18.8 Å². The minimum absolute atomic E-state index is 0.120. The van der Waals surface area contributed by atoms with Crippen LogP contribution in [0.1, 0.15) is 36.7 Å². The number of halogens is 1. The first-order valence-electron chi connectivity index (χ1n) is 11.4. The fourth-order valence-corrected chi connectivity index (χ4v) is 4.18. The van der Waals surface area contributed by atoms with Gasteiger partial charge in [0.15, 0.2) is 0 Å². The van der Waals surface area contributed by atoms with Crippen LogP contribution in [0.25, 0.3) is 10.8 Å². The molecule has 3 aromatic rings. The minimum Gasteiger partial charge on any atom is -0.354 e. The highest BCUT2D eigenvalue weighted by Gasteiger charge is 2.34. The zero-order valence-corrected chi connectivity index (χ0v) is 19.5. The smallest absolute Gasteiger partial charge is 0.259 e. The first kappa shape index (κ1) is 23.4. The van der Waals surface area contributed by atoms with Crippen LogP contribution < -0.4 is 10.2 Å². The van der Waals surface area contributed by atoms with E-state index in [4.69, 9.17) is 0 Å². The van der Waals surface area contributed by atoms with Crippen LogP contribution in [0.2, 0.25) is 0 Å². The molecule has 7 heteroatoms. The lowest BCUT2D eigenvalue weighted by molar-refractivity contribution is -0.139. The summed E-state index contributed by atoms with van der Waals surface area (Å²) in [5.74, 6) is -0.993. The van der Waals surface area contributed by atoms with Gasteiger partial charge in [-0.05, 0) is 48.1 Å². The Hall–Kier alpha value is -3.74. The molecular formula is C27H28FN3O3. The summed E-state index contributed by atoms with van der Waals surface area (Å²) in [7, 11) is 0. The van der Waals surface area contributed by atoms with Crippen molar-refractivity contribution < 1.29 is 18.8 Å². The molecule has 0 aromatic heterocycles. The highest BCUT2D eigenvalue weighted by atomic mass is 19.1. The van der Waals surface area contributed by atoms with E-state index in [0.717, 1.165) is 10.8 Å². The Labute approximate surface area is 198 Å². The zero-order chi connectivity index (χ0) is 24.4. The maximum absolute atomic E-state index is 13.5. The van der Waals surface area contributed by atoms with Gasteiger partial charge in [-0.15, -0.1) is 0 Å². The lowest BCUT2D eigenvalue weighted by Crippen LogP contribution is -2.51. The third-order valence-electron chi connectivity index (χ3n) is 6.06. The van der Waals surface area contributed by atoms with Crippen LogP contribution in [-0.4, -0.2) is 41.8 Å². The Morgan fingerprint density at radius 1 is 1.00 bits per heavy atom. The number of benzene rings is 3. The predicted octanol–water partition coefficient (Wildman–Crippen LogP) is 4.13. The Morgan fingerprint density at radius 3 is 2.35 bits per heavy atom. The molecule has 0 saturated heterocycles. The van der Waals surface area contributed by atoms with Crippen LogP contribution >= 0.6 is 0 Å². The molecule has 176 valence electrons. The van der Waals surface area contributed by atoms with E-state index in [1.165, 1.54) is 21.9 Å². The molecule has 0 saturated carbocycles. The van der Waals surface area contributed by atoms with Crippen LogP contribution in [-0.2, 0) is 16.1 Å². The van der Waals surface area contributed by atoms with Crippen molar-refractivity contribution in [2.45, 2.75) is 33.4 Å². The maximum Gasteiger partial charge on any atom is 0.259 e. The quantitative estimate of drug-likeness (QED) is 0.549. The molecule has 1 aliphatic heterocycles. The third kappa shape index (κ3) is 4.64. The molecule has 0 bridgehead atoms. The summed E-state index contributed by atoms with van der Waals surface area (Å²) >= 11 is 0.